The zero-order valence-electron chi connectivity index (χ0n) is 10.1. The highest BCUT2D eigenvalue weighted by molar-refractivity contribution is 6.21. The van der Waals surface area contributed by atoms with Crippen LogP contribution in [0.5, 0.6) is 0 Å². The van der Waals surface area contributed by atoms with Gasteiger partial charge >= 0.3 is 0 Å². The molecule has 2 aliphatic rings. The molecule has 1 aromatic rings. The van der Waals surface area contributed by atoms with Crippen LogP contribution in [0.25, 0.3) is 0 Å². The van der Waals surface area contributed by atoms with Crippen molar-refractivity contribution in [3.8, 4) is 0 Å². The lowest BCUT2D eigenvalue weighted by molar-refractivity contribution is -0.0946. The van der Waals surface area contributed by atoms with Crippen LogP contribution in [0, 0.1) is 0 Å². The van der Waals surface area contributed by atoms with Crippen molar-refractivity contribution < 1.29 is 14.7 Å². The molecule has 0 bridgehead atoms. The van der Waals surface area contributed by atoms with E-state index in [4.69, 9.17) is 0 Å². The first-order valence-corrected chi connectivity index (χ1v) is 5.88. The number of rotatable bonds is 2. The van der Waals surface area contributed by atoms with Gasteiger partial charge in [-0.15, -0.1) is 0 Å². The summed E-state index contributed by atoms with van der Waals surface area (Å²) < 4.78 is 0. The van der Waals surface area contributed by atoms with E-state index in [2.05, 4.69) is 0 Å². The zero-order valence-corrected chi connectivity index (χ0v) is 10.1. The largest absolute Gasteiger partial charge is 0.388 e. The molecule has 5 heteroatoms. The van der Waals surface area contributed by atoms with E-state index in [0.717, 1.165) is 0 Å². The summed E-state index contributed by atoms with van der Waals surface area (Å²) in [7, 11) is 0. The Hall–Kier alpha value is -1.72. The van der Waals surface area contributed by atoms with Gasteiger partial charge in [-0.1, -0.05) is 12.1 Å². The molecule has 2 aliphatic heterocycles. The van der Waals surface area contributed by atoms with Gasteiger partial charge in [-0.05, 0) is 19.1 Å². The van der Waals surface area contributed by atoms with Gasteiger partial charge in [-0.25, -0.2) is 0 Å². The van der Waals surface area contributed by atoms with Crippen molar-refractivity contribution in [2.24, 2.45) is 0 Å². The van der Waals surface area contributed by atoms with Crippen molar-refractivity contribution in [2.45, 2.75) is 12.5 Å². The number of aliphatic hydroxyl groups is 1. The third-order valence-corrected chi connectivity index (χ3v) is 3.35. The molecule has 0 aromatic heterocycles. The number of β-amino-alcohol motifs (C(OH)–C–C–N with tert-alkyl or cyclic N) is 1. The Morgan fingerprint density at radius 1 is 1.17 bits per heavy atom. The minimum Gasteiger partial charge on any atom is -0.388 e. The lowest BCUT2D eigenvalue weighted by Gasteiger charge is -2.45. The number of amides is 2. The smallest absolute Gasteiger partial charge is 0.262 e. The minimum absolute atomic E-state index is 0.248. The van der Waals surface area contributed by atoms with Gasteiger partial charge in [0.15, 0.2) is 0 Å². The maximum absolute atomic E-state index is 12.1. The predicted molar refractivity (Wildman–Crippen MR) is 64.0 cm³/mol. The number of fused-ring (bicyclic) bond motifs is 1. The third-order valence-electron chi connectivity index (χ3n) is 3.35. The van der Waals surface area contributed by atoms with Crippen LogP contribution in [0.2, 0.25) is 0 Å². The number of hydrogen-bond acceptors (Lipinski definition) is 4. The molecule has 2 heterocycles. The second-order valence-corrected chi connectivity index (χ2v) is 5.21. The van der Waals surface area contributed by atoms with Gasteiger partial charge in [0.25, 0.3) is 11.8 Å². The van der Waals surface area contributed by atoms with E-state index in [0.29, 0.717) is 24.2 Å². The molecule has 5 nitrogen and oxygen atoms in total. The van der Waals surface area contributed by atoms with Gasteiger partial charge in [0.05, 0.1) is 23.4 Å². The highest BCUT2D eigenvalue weighted by atomic mass is 16.3. The predicted octanol–water partition coefficient (Wildman–Crippen LogP) is 0.307. The Morgan fingerprint density at radius 3 is 2.11 bits per heavy atom. The quantitative estimate of drug-likeness (QED) is 0.763. The van der Waals surface area contributed by atoms with Gasteiger partial charge in [0.1, 0.15) is 0 Å². The van der Waals surface area contributed by atoms with Crippen molar-refractivity contribution >= 4 is 11.8 Å². The molecule has 0 radical (unpaired) electrons. The molecule has 2 amide bonds. The maximum atomic E-state index is 12.1. The zero-order chi connectivity index (χ0) is 12.9. The third kappa shape index (κ3) is 1.63. The summed E-state index contributed by atoms with van der Waals surface area (Å²) in [6.07, 6.45) is 0. The normalized spacial score (nSPS) is 22.0. The topological polar surface area (TPSA) is 60.9 Å². The summed E-state index contributed by atoms with van der Waals surface area (Å²) >= 11 is 0. The fourth-order valence-corrected chi connectivity index (χ4v) is 2.58. The molecule has 1 fully saturated rings. The average molecular weight is 246 g/mol. The average Bonchev–Trinajstić information content (AvgIpc) is 2.53. The molecule has 0 atom stereocenters. The van der Waals surface area contributed by atoms with Crippen LogP contribution in [0.4, 0.5) is 0 Å². The number of carbonyl (C=O) groups excluding carboxylic acids is 2. The lowest BCUT2D eigenvalue weighted by atomic mass is 9.98. The summed E-state index contributed by atoms with van der Waals surface area (Å²) in [6.45, 7) is 2.97. The molecule has 0 aliphatic carbocycles. The molecule has 3 rings (SSSR count). The first-order chi connectivity index (χ1) is 8.48. The van der Waals surface area contributed by atoms with E-state index < -0.39 is 5.60 Å². The second kappa shape index (κ2) is 3.63. The van der Waals surface area contributed by atoms with Crippen LogP contribution in [0.15, 0.2) is 24.3 Å². The molecule has 18 heavy (non-hydrogen) atoms. The van der Waals surface area contributed by atoms with Gasteiger partial charge in [0, 0.05) is 13.1 Å². The van der Waals surface area contributed by atoms with E-state index in [1.807, 2.05) is 4.90 Å². The van der Waals surface area contributed by atoms with Crippen LogP contribution in [-0.2, 0) is 0 Å². The summed E-state index contributed by atoms with van der Waals surface area (Å²) in [4.78, 5) is 27.2. The Kier molecular flexibility index (Phi) is 2.30. The number of hydrogen-bond donors (Lipinski definition) is 1. The first-order valence-electron chi connectivity index (χ1n) is 5.88. The van der Waals surface area contributed by atoms with Crippen molar-refractivity contribution in [3.63, 3.8) is 0 Å². The Balaban J connectivity index is 1.77. The van der Waals surface area contributed by atoms with Crippen LogP contribution in [0.3, 0.4) is 0 Å². The van der Waals surface area contributed by atoms with Crippen molar-refractivity contribution in [1.29, 1.82) is 0 Å². The van der Waals surface area contributed by atoms with E-state index >= 15 is 0 Å². The SMILES string of the molecule is CC1(O)CN(CN2C(=O)c3ccccc3C2=O)C1. The Bertz CT molecular complexity index is 496. The van der Waals surface area contributed by atoms with Gasteiger partial charge in [-0.2, -0.15) is 0 Å². The second-order valence-electron chi connectivity index (χ2n) is 5.21. The summed E-state index contributed by atoms with van der Waals surface area (Å²) in [6, 6.07) is 6.84. The highest BCUT2D eigenvalue weighted by Crippen LogP contribution is 2.25. The van der Waals surface area contributed by atoms with E-state index in [1.165, 1.54) is 4.90 Å². The number of imide groups is 1. The fraction of sp³-hybridized carbons (Fsp3) is 0.385. The molecule has 0 saturated carbocycles. The van der Waals surface area contributed by atoms with Crippen LogP contribution in [0.1, 0.15) is 27.6 Å². The summed E-state index contributed by atoms with van der Waals surface area (Å²) in [5, 5.41) is 9.63. The first kappa shape index (κ1) is 11.4. The van der Waals surface area contributed by atoms with Crippen LogP contribution < -0.4 is 0 Å². The monoisotopic (exact) mass is 246 g/mol. The molecule has 1 saturated heterocycles. The van der Waals surface area contributed by atoms with E-state index in [-0.39, 0.29) is 18.5 Å². The number of nitrogens with zero attached hydrogens (tertiary/aromatic N) is 2. The molecule has 0 spiro atoms. The van der Waals surface area contributed by atoms with Crippen LogP contribution >= 0.6 is 0 Å². The number of carbonyl (C=O) groups is 2. The van der Waals surface area contributed by atoms with E-state index in [1.54, 1.807) is 31.2 Å². The van der Waals surface area contributed by atoms with E-state index in [9.17, 15) is 14.7 Å². The standard InChI is InChI=1S/C13H14N2O3/c1-13(18)6-14(7-13)8-15-11(16)9-4-2-3-5-10(9)12(15)17/h2-5,18H,6-8H2,1H3. The van der Waals surface area contributed by atoms with Gasteiger partial charge < -0.3 is 5.11 Å². The molecule has 1 aromatic carbocycles. The van der Waals surface area contributed by atoms with Crippen molar-refractivity contribution in [3.05, 3.63) is 35.4 Å². The van der Waals surface area contributed by atoms with Crippen LogP contribution in [-0.4, -0.2) is 52.1 Å². The summed E-state index contributed by atoms with van der Waals surface area (Å²) in [5.41, 5.74) is 0.239. The molecule has 94 valence electrons. The van der Waals surface area contributed by atoms with Gasteiger partial charge in [0.2, 0.25) is 0 Å². The van der Waals surface area contributed by atoms with Crippen molar-refractivity contribution in [2.75, 3.05) is 19.8 Å². The fourth-order valence-electron chi connectivity index (χ4n) is 2.58. The van der Waals surface area contributed by atoms with Gasteiger partial charge in [-0.3, -0.25) is 19.4 Å². The minimum atomic E-state index is -0.696. The number of likely N-dealkylation sites (tertiary alicyclic amines) is 1. The molecular weight excluding hydrogens is 232 g/mol. The molecular formula is C13H14N2O3. The maximum Gasteiger partial charge on any atom is 0.262 e. The molecule has 1 N–H and O–H groups in total. The number of benzene rings is 1. The van der Waals surface area contributed by atoms with Crippen molar-refractivity contribution in [1.82, 2.24) is 9.80 Å². The highest BCUT2D eigenvalue weighted by Gasteiger charge is 2.41. The summed E-state index contributed by atoms with van der Waals surface area (Å²) in [5.74, 6) is -0.496. The molecule has 0 unspecified atom stereocenters. The Labute approximate surface area is 105 Å². The Morgan fingerprint density at radius 2 is 1.67 bits per heavy atom. The lowest BCUT2D eigenvalue weighted by Crippen LogP contribution is -2.62.